The molecule has 2 amide bonds. The van der Waals surface area contributed by atoms with Gasteiger partial charge in [-0.1, -0.05) is 12.2 Å². The molecule has 0 aliphatic carbocycles. The summed E-state index contributed by atoms with van der Waals surface area (Å²) in [7, 11) is 0. The van der Waals surface area contributed by atoms with Crippen molar-refractivity contribution in [3.05, 3.63) is 25.3 Å². The van der Waals surface area contributed by atoms with E-state index in [2.05, 4.69) is 13.2 Å². The third kappa shape index (κ3) is 4.92. The highest BCUT2D eigenvalue weighted by Gasteiger charge is 2.78. The smallest absolute Gasteiger partial charge is 0.312 e. The van der Waals surface area contributed by atoms with E-state index in [4.69, 9.17) is 9.47 Å². The minimum absolute atomic E-state index is 0.0131. The van der Waals surface area contributed by atoms with Gasteiger partial charge in [-0.15, -0.1) is 13.2 Å². The van der Waals surface area contributed by atoms with Crippen molar-refractivity contribution < 1.29 is 29.0 Å². The van der Waals surface area contributed by atoms with Crippen molar-refractivity contribution in [1.29, 1.82) is 0 Å². The van der Waals surface area contributed by atoms with Crippen LogP contribution in [0.2, 0.25) is 0 Å². The first kappa shape index (κ1) is 27.4. The molecule has 8 nitrogen and oxygen atoms in total. The summed E-state index contributed by atoms with van der Waals surface area (Å²) in [6.07, 6.45) is 8.20. The van der Waals surface area contributed by atoms with E-state index in [0.717, 1.165) is 19.3 Å². The van der Waals surface area contributed by atoms with E-state index >= 15 is 0 Å². The van der Waals surface area contributed by atoms with E-state index in [0.29, 0.717) is 38.8 Å². The molecule has 8 heteroatoms. The van der Waals surface area contributed by atoms with Crippen molar-refractivity contribution in [2.24, 2.45) is 11.8 Å². The number of allylic oxidation sites excluding steroid dienone is 1. The van der Waals surface area contributed by atoms with E-state index in [-0.39, 0.29) is 31.1 Å². The van der Waals surface area contributed by atoms with Crippen LogP contribution in [0.4, 0.5) is 0 Å². The molecule has 196 valence electrons. The topological polar surface area (TPSA) is 96.4 Å². The van der Waals surface area contributed by atoms with Crippen molar-refractivity contribution in [2.75, 3.05) is 26.3 Å². The van der Waals surface area contributed by atoms with Gasteiger partial charge in [-0.05, 0) is 65.7 Å². The molecule has 1 spiro atoms. The number of rotatable bonds is 14. The monoisotopic (exact) mass is 490 g/mol. The lowest BCUT2D eigenvalue weighted by atomic mass is 9.66. The predicted molar refractivity (Wildman–Crippen MR) is 132 cm³/mol. The summed E-state index contributed by atoms with van der Waals surface area (Å²) in [5.74, 6) is -2.31. The van der Waals surface area contributed by atoms with Crippen LogP contribution in [-0.4, -0.2) is 82.3 Å². The number of hydrogen-bond acceptors (Lipinski definition) is 6. The van der Waals surface area contributed by atoms with Gasteiger partial charge in [0.2, 0.25) is 11.8 Å². The molecule has 1 N–H and O–H groups in total. The summed E-state index contributed by atoms with van der Waals surface area (Å²) >= 11 is 0. The van der Waals surface area contributed by atoms with Gasteiger partial charge in [-0.3, -0.25) is 14.4 Å². The molecule has 3 aliphatic rings. The Labute approximate surface area is 209 Å². The number of esters is 1. The normalized spacial score (nSPS) is 31.1. The molecule has 2 unspecified atom stereocenters. The molecule has 0 aromatic rings. The minimum atomic E-state index is -1.05. The molecule has 0 saturated carbocycles. The van der Waals surface area contributed by atoms with E-state index in [9.17, 15) is 19.5 Å². The summed E-state index contributed by atoms with van der Waals surface area (Å²) in [6, 6.07) is -0.899. The average molecular weight is 491 g/mol. The van der Waals surface area contributed by atoms with Crippen LogP contribution < -0.4 is 0 Å². The number of carbonyl (C=O) groups excluding carboxylic acids is 3. The molecule has 0 aromatic carbocycles. The standard InChI is InChI=1S/C27H42N2O6/c1-6-8-9-12-18-34-25(33)21-20-23(31)29(16-10-11-17-30)22(24(32)28(15-7-2)19(3)4)27(20)14-13-26(21,5)35-27/h6-7,19-22,30H,1-2,8-18H2,3-5H3/t20-,21+,22?,26-,27?/m0/s1. The Kier molecular flexibility index (Phi) is 8.81. The van der Waals surface area contributed by atoms with Crippen molar-refractivity contribution in [3.8, 4) is 0 Å². The van der Waals surface area contributed by atoms with Crippen LogP contribution in [0, 0.1) is 11.8 Å². The van der Waals surface area contributed by atoms with Crippen LogP contribution in [0.15, 0.2) is 25.3 Å². The number of likely N-dealkylation sites (tertiary alicyclic amines) is 1. The Morgan fingerprint density at radius 1 is 1.23 bits per heavy atom. The van der Waals surface area contributed by atoms with Crippen LogP contribution in [0.25, 0.3) is 0 Å². The van der Waals surface area contributed by atoms with Crippen molar-refractivity contribution in [3.63, 3.8) is 0 Å². The van der Waals surface area contributed by atoms with E-state index < -0.39 is 35.0 Å². The highest BCUT2D eigenvalue weighted by atomic mass is 16.6. The molecule has 2 bridgehead atoms. The van der Waals surface area contributed by atoms with Gasteiger partial charge >= 0.3 is 5.97 Å². The molecular formula is C27H42N2O6. The lowest BCUT2D eigenvalue weighted by Crippen LogP contribution is -2.57. The Bertz CT molecular complexity index is 828. The van der Waals surface area contributed by atoms with Gasteiger partial charge in [0, 0.05) is 25.7 Å². The van der Waals surface area contributed by atoms with E-state index in [1.165, 1.54) is 0 Å². The van der Waals surface area contributed by atoms with Crippen molar-refractivity contribution >= 4 is 17.8 Å². The first-order valence-corrected chi connectivity index (χ1v) is 13.0. The number of amides is 2. The lowest BCUT2D eigenvalue weighted by Gasteiger charge is -2.38. The van der Waals surface area contributed by atoms with Crippen LogP contribution in [0.3, 0.4) is 0 Å². The SMILES string of the molecule is C=CCCCCOC(=O)[C@H]1[C@H]2C(=O)N(CCCCO)C(C(=O)N(CC=C)C(C)C)C23CC[C@]1(C)O3. The second-order valence-corrected chi connectivity index (χ2v) is 10.5. The minimum Gasteiger partial charge on any atom is -0.465 e. The summed E-state index contributed by atoms with van der Waals surface area (Å²) < 4.78 is 12.2. The molecule has 35 heavy (non-hydrogen) atoms. The van der Waals surface area contributed by atoms with E-state index in [1.54, 1.807) is 15.9 Å². The number of fused-ring (bicyclic) bond motifs is 1. The number of unbranched alkanes of at least 4 members (excludes halogenated alkanes) is 3. The fraction of sp³-hybridized carbons (Fsp3) is 0.741. The zero-order chi connectivity index (χ0) is 25.8. The first-order valence-electron chi connectivity index (χ1n) is 13.0. The van der Waals surface area contributed by atoms with Gasteiger partial charge in [0.05, 0.1) is 18.1 Å². The molecule has 3 rings (SSSR count). The number of ether oxygens (including phenoxy) is 2. The summed E-state index contributed by atoms with van der Waals surface area (Å²) in [4.78, 5) is 44.5. The van der Waals surface area contributed by atoms with Crippen LogP contribution in [-0.2, 0) is 23.9 Å². The maximum atomic E-state index is 14.0. The summed E-state index contributed by atoms with van der Waals surface area (Å²) in [5.41, 5.74) is -1.89. The van der Waals surface area contributed by atoms with Gasteiger partial charge in [0.25, 0.3) is 0 Å². The average Bonchev–Trinajstić information content (AvgIpc) is 3.38. The van der Waals surface area contributed by atoms with Crippen LogP contribution in [0.5, 0.6) is 0 Å². The fourth-order valence-corrected chi connectivity index (χ4v) is 6.20. The van der Waals surface area contributed by atoms with Gasteiger partial charge in [-0.25, -0.2) is 0 Å². The Morgan fingerprint density at radius 2 is 1.97 bits per heavy atom. The summed E-state index contributed by atoms with van der Waals surface area (Å²) in [5, 5.41) is 9.28. The molecule has 5 atom stereocenters. The largest absolute Gasteiger partial charge is 0.465 e. The van der Waals surface area contributed by atoms with Crippen LogP contribution in [0.1, 0.15) is 65.7 Å². The van der Waals surface area contributed by atoms with Gasteiger partial charge < -0.3 is 24.4 Å². The quantitative estimate of drug-likeness (QED) is 0.229. The molecule has 3 saturated heterocycles. The third-order valence-electron chi connectivity index (χ3n) is 7.85. The highest BCUT2D eigenvalue weighted by molar-refractivity contribution is 5.98. The maximum absolute atomic E-state index is 14.0. The molecule has 3 fully saturated rings. The Balaban J connectivity index is 1.93. The number of aliphatic hydroxyl groups is 1. The second kappa shape index (κ2) is 11.2. The first-order chi connectivity index (χ1) is 16.7. The summed E-state index contributed by atoms with van der Waals surface area (Å²) in [6.45, 7) is 14.2. The zero-order valence-electron chi connectivity index (χ0n) is 21.5. The zero-order valence-corrected chi connectivity index (χ0v) is 21.5. The predicted octanol–water partition coefficient (Wildman–Crippen LogP) is 2.85. The lowest BCUT2D eigenvalue weighted by molar-refractivity contribution is -0.160. The molecular weight excluding hydrogens is 448 g/mol. The number of hydrogen-bond donors (Lipinski definition) is 1. The number of carbonyl (C=O) groups is 3. The highest BCUT2D eigenvalue weighted by Crippen LogP contribution is 2.63. The molecule has 3 aliphatic heterocycles. The number of nitrogens with zero attached hydrogens (tertiary/aromatic N) is 2. The van der Waals surface area contributed by atoms with E-state index in [1.807, 2.05) is 26.8 Å². The Hall–Kier alpha value is -2.19. The molecule has 0 radical (unpaired) electrons. The van der Waals surface area contributed by atoms with Gasteiger partial charge in [0.15, 0.2) is 0 Å². The number of aliphatic hydroxyl groups excluding tert-OH is 1. The van der Waals surface area contributed by atoms with Gasteiger partial charge in [-0.2, -0.15) is 0 Å². The van der Waals surface area contributed by atoms with Crippen LogP contribution >= 0.6 is 0 Å². The van der Waals surface area contributed by atoms with Crippen molar-refractivity contribution in [1.82, 2.24) is 9.80 Å². The Morgan fingerprint density at radius 3 is 2.60 bits per heavy atom. The maximum Gasteiger partial charge on any atom is 0.312 e. The molecule has 3 heterocycles. The molecule has 0 aromatic heterocycles. The second-order valence-electron chi connectivity index (χ2n) is 10.5. The third-order valence-corrected chi connectivity index (χ3v) is 7.85. The van der Waals surface area contributed by atoms with Gasteiger partial charge in [0.1, 0.15) is 17.6 Å². The fourth-order valence-electron chi connectivity index (χ4n) is 6.20. The van der Waals surface area contributed by atoms with Crippen molar-refractivity contribution in [2.45, 2.75) is 89.0 Å².